The van der Waals surface area contributed by atoms with Crippen molar-refractivity contribution in [3.8, 4) is 5.75 Å². The smallest absolute Gasteiger partial charge is 0.248 e. The molecule has 0 atom stereocenters. The molecule has 2 rings (SSSR count). The highest BCUT2D eigenvalue weighted by atomic mass is 127. The number of guanidine groups is 1. The van der Waals surface area contributed by atoms with Crippen LogP contribution in [0.15, 0.2) is 53.5 Å². The van der Waals surface area contributed by atoms with E-state index in [-0.39, 0.29) is 24.0 Å². The van der Waals surface area contributed by atoms with Crippen molar-refractivity contribution in [2.24, 2.45) is 10.7 Å². The molecule has 26 heavy (non-hydrogen) atoms. The highest BCUT2D eigenvalue weighted by molar-refractivity contribution is 14.0. The first-order valence-corrected chi connectivity index (χ1v) is 7.97. The predicted octanol–water partition coefficient (Wildman–Crippen LogP) is 2.62. The Balaban J connectivity index is 0.00000338. The van der Waals surface area contributed by atoms with Gasteiger partial charge in [-0.3, -0.25) is 9.79 Å². The zero-order valence-electron chi connectivity index (χ0n) is 15.2. The quantitative estimate of drug-likeness (QED) is 0.388. The Labute approximate surface area is 171 Å². The number of hydrogen-bond acceptors (Lipinski definition) is 3. The van der Waals surface area contributed by atoms with Crippen molar-refractivity contribution >= 4 is 35.8 Å². The minimum Gasteiger partial charge on any atom is -0.496 e. The second-order valence-corrected chi connectivity index (χ2v) is 5.63. The Morgan fingerprint density at radius 1 is 1.23 bits per heavy atom. The summed E-state index contributed by atoms with van der Waals surface area (Å²) in [5.41, 5.74) is 7.86. The standard InChI is InChI=1S/C19H24N4O2.HI/c1-21-19(22-12-14-7-6-9-15(11-14)18(20)24)23(2)13-16-8-4-5-10-17(16)25-3;/h4-11H,12-13H2,1-3H3,(H2,20,24)(H,21,22);1H. The molecule has 0 aliphatic heterocycles. The van der Waals surface area contributed by atoms with Gasteiger partial charge >= 0.3 is 0 Å². The third-order valence-corrected chi connectivity index (χ3v) is 3.84. The molecule has 0 saturated carbocycles. The maximum Gasteiger partial charge on any atom is 0.248 e. The van der Waals surface area contributed by atoms with Crippen molar-refractivity contribution in [3.05, 3.63) is 65.2 Å². The summed E-state index contributed by atoms with van der Waals surface area (Å²) < 4.78 is 5.39. The number of rotatable bonds is 6. The molecule has 3 N–H and O–H groups in total. The number of amides is 1. The van der Waals surface area contributed by atoms with E-state index in [0.717, 1.165) is 22.8 Å². The summed E-state index contributed by atoms with van der Waals surface area (Å²) in [6.45, 7) is 1.20. The lowest BCUT2D eigenvalue weighted by molar-refractivity contribution is 0.1000. The number of aliphatic imine (C=N–C) groups is 1. The van der Waals surface area contributed by atoms with Crippen LogP contribution in [0.4, 0.5) is 0 Å². The van der Waals surface area contributed by atoms with Gasteiger partial charge in [0.05, 0.1) is 7.11 Å². The van der Waals surface area contributed by atoms with Gasteiger partial charge in [0, 0.05) is 38.3 Å². The van der Waals surface area contributed by atoms with E-state index in [0.29, 0.717) is 18.7 Å². The zero-order chi connectivity index (χ0) is 18.2. The van der Waals surface area contributed by atoms with Gasteiger partial charge in [-0.2, -0.15) is 0 Å². The van der Waals surface area contributed by atoms with Crippen LogP contribution in [0.1, 0.15) is 21.5 Å². The summed E-state index contributed by atoms with van der Waals surface area (Å²) >= 11 is 0. The normalized spacial score (nSPS) is 10.7. The van der Waals surface area contributed by atoms with Gasteiger partial charge in [0.1, 0.15) is 5.75 Å². The van der Waals surface area contributed by atoms with Gasteiger partial charge in [0.15, 0.2) is 5.96 Å². The lowest BCUT2D eigenvalue weighted by Gasteiger charge is -2.23. The van der Waals surface area contributed by atoms with Crippen molar-refractivity contribution in [2.45, 2.75) is 13.1 Å². The van der Waals surface area contributed by atoms with E-state index in [2.05, 4.69) is 10.3 Å². The van der Waals surface area contributed by atoms with Crippen molar-refractivity contribution in [1.82, 2.24) is 10.2 Å². The Morgan fingerprint density at radius 3 is 2.62 bits per heavy atom. The first kappa shape index (κ1) is 21.8. The molecule has 0 fully saturated rings. The van der Waals surface area contributed by atoms with Gasteiger partial charge < -0.3 is 20.7 Å². The molecule has 140 valence electrons. The van der Waals surface area contributed by atoms with Gasteiger partial charge in [0.25, 0.3) is 0 Å². The summed E-state index contributed by atoms with van der Waals surface area (Å²) in [6, 6.07) is 15.1. The molecular formula is C19H25IN4O2. The summed E-state index contributed by atoms with van der Waals surface area (Å²) in [5, 5.41) is 3.29. The van der Waals surface area contributed by atoms with Crippen molar-refractivity contribution in [2.75, 3.05) is 21.2 Å². The van der Waals surface area contributed by atoms with Crippen molar-refractivity contribution < 1.29 is 9.53 Å². The number of carbonyl (C=O) groups excluding carboxylic acids is 1. The van der Waals surface area contributed by atoms with E-state index in [1.165, 1.54) is 0 Å². The van der Waals surface area contributed by atoms with Crippen LogP contribution in [0.2, 0.25) is 0 Å². The first-order valence-electron chi connectivity index (χ1n) is 7.97. The lowest BCUT2D eigenvalue weighted by Crippen LogP contribution is -2.38. The fraction of sp³-hybridized carbons (Fsp3) is 0.263. The number of nitrogens with zero attached hydrogens (tertiary/aromatic N) is 2. The monoisotopic (exact) mass is 468 g/mol. The number of primary amides is 1. The number of benzene rings is 2. The number of hydrogen-bond donors (Lipinski definition) is 2. The van der Waals surface area contributed by atoms with Crippen LogP contribution in [-0.4, -0.2) is 38.0 Å². The average molecular weight is 468 g/mol. The van der Waals surface area contributed by atoms with Crippen LogP contribution in [0.5, 0.6) is 5.75 Å². The average Bonchev–Trinajstić information content (AvgIpc) is 2.63. The molecule has 0 saturated heterocycles. The van der Waals surface area contributed by atoms with E-state index in [1.54, 1.807) is 26.3 Å². The number of methoxy groups -OCH3 is 1. The van der Waals surface area contributed by atoms with Crippen LogP contribution in [-0.2, 0) is 13.1 Å². The van der Waals surface area contributed by atoms with Crippen molar-refractivity contribution in [3.63, 3.8) is 0 Å². The maximum atomic E-state index is 11.3. The highest BCUT2D eigenvalue weighted by Gasteiger charge is 2.10. The Morgan fingerprint density at radius 2 is 1.96 bits per heavy atom. The topological polar surface area (TPSA) is 79.9 Å². The number of halogens is 1. The Hall–Kier alpha value is -2.29. The number of nitrogens with one attached hydrogen (secondary N) is 1. The molecule has 0 radical (unpaired) electrons. The van der Waals surface area contributed by atoms with Gasteiger partial charge in [-0.25, -0.2) is 0 Å². The highest BCUT2D eigenvalue weighted by Crippen LogP contribution is 2.18. The SMILES string of the molecule is CN=C(NCc1cccc(C(N)=O)c1)N(C)Cc1ccccc1OC.I. The number of ether oxygens (including phenoxy) is 1. The molecule has 6 nitrogen and oxygen atoms in total. The van der Waals surface area contributed by atoms with Crippen LogP contribution in [0, 0.1) is 0 Å². The summed E-state index contributed by atoms with van der Waals surface area (Å²) in [4.78, 5) is 17.6. The molecule has 0 aliphatic carbocycles. The molecular weight excluding hydrogens is 443 g/mol. The second kappa shape index (κ2) is 10.6. The fourth-order valence-electron chi connectivity index (χ4n) is 2.56. The second-order valence-electron chi connectivity index (χ2n) is 5.63. The van der Waals surface area contributed by atoms with E-state index in [9.17, 15) is 4.79 Å². The molecule has 1 amide bonds. The molecule has 7 heteroatoms. The van der Waals surface area contributed by atoms with E-state index >= 15 is 0 Å². The van der Waals surface area contributed by atoms with E-state index in [1.807, 2.05) is 48.3 Å². The summed E-state index contributed by atoms with van der Waals surface area (Å²) in [7, 11) is 5.36. The number of nitrogens with two attached hydrogens (primary N) is 1. The van der Waals surface area contributed by atoms with E-state index in [4.69, 9.17) is 10.5 Å². The summed E-state index contributed by atoms with van der Waals surface area (Å²) in [6.07, 6.45) is 0. The first-order chi connectivity index (χ1) is 12.0. The molecule has 2 aromatic carbocycles. The molecule has 0 unspecified atom stereocenters. The number of para-hydroxylation sites is 1. The molecule has 2 aromatic rings. The number of carbonyl (C=O) groups is 1. The third kappa shape index (κ3) is 5.91. The van der Waals surface area contributed by atoms with Crippen LogP contribution >= 0.6 is 24.0 Å². The molecule has 0 spiro atoms. The molecule has 0 aromatic heterocycles. The lowest BCUT2D eigenvalue weighted by atomic mass is 10.1. The van der Waals surface area contributed by atoms with Crippen LogP contribution in [0.3, 0.4) is 0 Å². The maximum absolute atomic E-state index is 11.3. The Bertz CT molecular complexity index is 765. The van der Waals surface area contributed by atoms with Crippen LogP contribution in [0.25, 0.3) is 0 Å². The minimum atomic E-state index is -0.431. The molecule has 0 heterocycles. The van der Waals surface area contributed by atoms with Gasteiger partial charge in [-0.1, -0.05) is 30.3 Å². The van der Waals surface area contributed by atoms with Crippen LogP contribution < -0.4 is 15.8 Å². The fourth-order valence-corrected chi connectivity index (χ4v) is 2.56. The largest absolute Gasteiger partial charge is 0.496 e. The molecule has 0 aliphatic rings. The summed E-state index contributed by atoms with van der Waals surface area (Å²) in [5.74, 6) is 1.16. The Kier molecular flexibility index (Phi) is 8.91. The van der Waals surface area contributed by atoms with Gasteiger partial charge in [-0.05, 0) is 23.8 Å². The predicted molar refractivity (Wildman–Crippen MR) is 115 cm³/mol. The van der Waals surface area contributed by atoms with E-state index < -0.39 is 5.91 Å². The van der Waals surface area contributed by atoms with Crippen molar-refractivity contribution in [1.29, 1.82) is 0 Å². The zero-order valence-corrected chi connectivity index (χ0v) is 17.6. The van der Waals surface area contributed by atoms with Gasteiger partial charge in [0.2, 0.25) is 5.91 Å². The third-order valence-electron chi connectivity index (χ3n) is 3.84. The van der Waals surface area contributed by atoms with Gasteiger partial charge in [-0.15, -0.1) is 24.0 Å². The minimum absolute atomic E-state index is 0. The molecule has 0 bridgehead atoms.